The van der Waals surface area contributed by atoms with Crippen molar-refractivity contribution in [3.8, 4) is 0 Å². The molecule has 100 valence electrons. The molecule has 2 aliphatic rings. The monoisotopic (exact) mass is 240 g/mol. The molecule has 0 saturated carbocycles. The van der Waals surface area contributed by atoms with Crippen LogP contribution >= 0.6 is 0 Å². The first-order valence-electron chi connectivity index (χ1n) is 7.08. The molecule has 2 N–H and O–H groups in total. The lowest BCUT2D eigenvalue weighted by molar-refractivity contribution is 0.109. The van der Waals surface area contributed by atoms with Crippen LogP contribution in [0, 0.1) is 11.3 Å². The van der Waals surface area contributed by atoms with Crippen molar-refractivity contribution >= 4 is 0 Å². The van der Waals surface area contributed by atoms with E-state index in [9.17, 15) is 5.11 Å². The summed E-state index contributed by atoms with van der Waals surface area (Å²) in [5, 5.41) is 13.6. The molecule has 3 heteroatoms. The second-order valence-electron chi connectivity index (χ2n) is 7.07. The molecule has 2 bridgehead atoms. The highest BCUT2D eigenvalue weighted by Gasteiger charge is 2.34. The zero-order valence-electron chi connectivity index (χ0n) is 11.6. The molecule has 0 aromatic carbocycles. The Balaban J connectivity index is 1.71. The molecule has 2 rings (SSSR count). The minimum atomic E-state index is -0.200. The number of hydrogen-bond acceptors (Lipinski definition) is 3. The maximum atomic E-state index is 10.0. The molecule has 17 heavy (non-hydrogen) atoms. The topological polar surface area (TPSA) is 35.5 Å². The summed E-state index contributed by atoms with van der Waals surface area (Å²) in [5.41, 5.74) is 0.220. The maximum absolute atomic E-state index is 10.0. The minimum absolute atomic E-state index is 0.200. The van der Waals surface area contributed by atoms with E-state index in [0.717, 1.165) is 18.9 Å². The van der Waals surface area contributed by atoms with E-state index in [1.54, 1.807) is 0 Å². The van der Waals surface area contributed by atoms with Crippen molar-refractivity contribution in [2.75, 3.05) is 26.2 Å². The van der Waals surface area contributed by atoms with Gasteiger partial charge in [-0.25, -0.2) is 0 Å². The minimum Gasteiger partial charge on any atom is -0.392 e. The lowest BCUT2D eigenvalue weighted by Gasteiger charge is -2.32. The van der Waals surface area contributed by atoms with Crippen molar-refractivity contribution in [3.63, 3.8) is 0 Å². The zero-order chi connectivity index (χ0) is 12.5. The summed E-state index contributed by atoms with van der Waals surface area (Å²) >= 11 is 0. The number of fused-ring (bicyclic) bond motifs is 2. The molecule has 0 aromatic rings. The smallest absolute Gasteiger partial charge is 0.0669 e. The summed E-state index contributed by atoms with van der Waals surface area (Å²) in [5.74, 6) is 0.825. The fourth-order valence-corrected chi connectivity index (χ4v) is 3.29. The molecule has 2 aliphatic heterocycles. The van der Waals surface area contributed by atoms with Gasteiger partial charge in [-0.3, -0.25) is 0 Å². The molecule has 4 atom stereocenters. The third kappa shape index (κ3) is 3.94. The van der Waals surface area contributed by atoms with Crippen LogP contribution in [0.3, 0.4) is 0 Å². The zero-order valence-corrected chi connectivity index (χ0v) is 11.6. The Labute approximate surface area is 106 Å². The fourth-order valence-electron chi connectivity index (χ4n) is 3.29. The molecular formula is C14H28N2O. The van der Waals surface area contributed by atoms with E-state index in [0.29, 0.717) is 6.04 Å². The van der Waals surface area contributed by atoms with Gasteiger partial charge in [-0.05, 0) is 43.7 Å². The quantitative estimate of drug-likeness (QED) is 0.781. The van der Waals surface area contributed by atoms with Crippen LogP contribution in [0.25, 0.3) is 0 Å². The highest BCUT2D eigenvalue weighted by Crippen LogP contribution is 2.27. The molecule has 2 fully saturated rings. The lowest BCUT2D eigenvalue weighted by atomic mass is 9.88. The molecule has 4 unspecified atom stereocenters. The third-order valence-corrected chi connectivity index (χ3v) is 4.10. The van der Waals surface area contributed by atoms with Gasteiger partial charge in [0.1, 0.15) is 0 Å². The van der Waals surface area contributed by atoms with Crippen molar-refractivity contribution in [1.82, 2.24) is 10.2 Å². The highest BCUT2D eigenvalue weighted by atomic mass is 16.3. The van der Waals surface area contributed by atoms with E-state index in [4.69, 9.17) is 0 Å². The van der Waals surface area contributed by atoms with Crippen molar-refractivity contribution in [3.05, 3.63) is 0 Å². The van der Waals surface area contributed by atoms with Crippen LogP contribution in [-0.2, 0) is 0 Å². The third-order valence-electron chi connectivity index (χ3n) is 4.10. The average Bonchev–Trinajstić information content (AvgIpc) is 2.57. The number of hydrogen-bond donors (Lipinski definition) is 2. The predicted molar refractivity (Wildman–Crippen MR) is 71.0 cm³/mol. The second-order valence-corrected chi connectivity index (χ2v) is 7.07. The number of nitrogens with zero attached hydrogens (tertiary/aromatic N) is 1. The molecule has 0 amide bonds. The first-order chi connectivity index (χ1) is 7.94. The number of rotatable bonds is 4. The van der Waals surface area contributed by atoms with Crippen LogP contribution in [0.5, 0.6) is 0 Å². The van der Waals surface area contributed by atoms with Gasteiger partial charge in [-0.2, -0.15) is 0 Å². The van der Waals surface area contributed by atoms with Gasteiger partial charge >= 0.3 is 0 Å². The van der Waals surface area contributed by atoms with E-state index in [1.807, 2.05) is 0 Å². The molecular weight excluding hydrogens is 212 g/mol. The molecule has 0 aromatic heterocycles. The summed E-state index contributed by atoms with van der Waals surface area (Å²) in [6.45, 7) is 11.1. The second kappa shape index (κ2) is 5.25. The van der Waals surface area contributed by atoms with Gasteiger partial charge in [0, 0.05) is 19.1 Å². The molecule has 2 saturated heterocycles. The summed E-state index contributed by atoms with van der Waals surface area (Å²) in [6.07, 6.45) is 3.28. The Kier molecular flexibility index (Phi) is 4.11. The Morgan fingerprint density at radius 3 is 2.71 bits per heavy atom. The standard InChI is InChI=1S/C14H28N2O/c1-14(2,3)8-12(17)9-15-13-5-7-16-6-4-11(13)10-16/h11-13,15,17H,4-10H2,1-3H3. The first-order valence-corrected chi connectivity index (χ1v) is 7.08. The Hall–Kier alpha value is -0.120. The van der Waals surface area contributed by atoms with Crippen LogP contribution in [-0.4, -0.2) is 48.3 Å². The molecule has 3 nitrogen and oxygen atoms in total. The SMILES string of the molecule is CC(C)(C)CC(O)CNC1CCN2CCC1C2. The van der Waals surface area contributed by atoms with Gasteiger partial charge in [-0.1, -0.05) is 20.8 Å². The molecule has 0 radical (unpaired) electrons. The van der Waals surface area contributed by atoms with E-state index < -0.39 is 0 Å². The van der Waals surface area contributed by atoms with Crippen LogP contribution in [0.4, 0.5) is 0 Å². The fraction of sp³-hybridized carbons (Fsp3) is 1.00. The van der Waals surface area contributed by atoms with Gasteiger partial charge in [0.2, 0.25) is 0 Å². The number of aliphatic hydroxyl groups excluding tert-OH is 1. The first kappa shape index (κ1) is 13.3. The Morgan fingerprint density at radius 2 is 2.00 bits per heavy atom. The molecule has 0 spiro atoms. The summed E-state index contributed by atoms with van der Waals surface area (Å²) in [7, 11) is 0. The molecule has 0 aliphatic carbocycles. The highest BCUT2D eigenvalue weighted by molar-refractivity contribution is 4.91. The maximum Gasteiger partial charge on any atom is 0.0669 e. The lowest BCUT2D eigenvalue weighted by Crippen LogP contribution is -2.46. The van der Waals surface area contributed by atoms with Gasteiger partial charge < -0.3 is 15.3 Å². The number of piperidine rings is 1. The normalized spacial score (nSPS) is 34.9. The van der Waals surface area contributed by atoms with Gasteiger partial charge in [0.15, 0.2) is 0 Å². The van der Waals surface area contributed by atoms with Crippen LogP contribution < -0.4 is 5.32 Å². The van der Waals surface area contributed by atoms with E-state index in [1.165, 1.54) is 32.5 Å². The van der Waals surface area contributed by atoms with E-state index >= 15 is 0 Å². The van der Waals surface area contributed by atoms with Crippen molar-refractivity contribution < 1.29 is 5.11 Å². The summed E-state index contributed by atoms with van der Waals surface area (Å²) in [4.78, 5) is 2.56. The summed E-state index contributed by atoms with van der Waals surface area (Å²) < 4.78 is 0. The van der Waals surface area contributed by atoms with Crippen molar-refractivity contribution in [2.24, 2.45) is 11.3 Å². The summed E-state index contributed by atoms with van der Waals surface area (Å²) in [6, 6.07) is 0.642. The largest absolute Gasteiger partial charge is 0.392 e. The van der Waals surface area contributed by atoms with Crippen LogP contribution in [0.1, 0.15) is 40.0 Å². The van der Waals surface area contributed by atoms with Crippen molar-refractivity contribution in [1.29, 1.82) is 0 Å². The van der Waals surface area contributed by atoms with Crippen molar-refractivity contribution in [2.45, 2.75) is 52.2 Å². The Bertz CT molecular complexity index is 249. The van der Waals surface area contributed by atoms with Crippen LogP contribution in [0.15, 0.2) is 0 Å². The van der Waals surface area contributed by atoms with E-state index in [2.05, 4.69) is 31.0 Å². The molecule has 2 heterocycles. The average molecular weight is 240 g/mol. The predicted octanol–water partition coefficient (Wildman–Crippen LogP) is 1.47. The number of aliphatic hydroxyl groups is 1. The number of nitrogens with one attached hydrogen (secondary N) is 1. The van der Waals surface area contributed by atoms with Gasteiger partial charge in [-0.15, -0.1) is 0 Å². The Morgan fingerprint density at radius 1 is 1.29 bits per heavy atom. The van der Waals surface area contributed by atoms with Crippen LogP contribution in [0.2, 0.25) is 0 Å². The van der Waals surface area contributed by atoms with Gasteiger partial charge in [0.05, 0.1) is 6.10 Å². The van der Waals surface area contributed by atoms with Gasteiger partial charge in [0.25, 0.3) is 0 Å². The van der Waals surface area contributed by atoms with E-state index in [-0.39, 0.29) is 11.5 Å².